The van der Waals surface area contributed by atoms with E-state index >= 15 is 0 Å². The summed E-state index contributed by atoms with van der Waals surface area (Å²) in [6, 6.07) is 0. The van der Waals surface area contributed by atoms with Crippen molar-refractivity contribution in [3.63, 3.8) is 0 Å². The van der Waals surface area contributed by atoms with Gasteiger partial charge < -0.3 is 4.90 Å². The SMILES string of the molecule is C=CN1CCC[C@@H](C)C1. The lowest BCUT2D eigenvalue weighted by Gasteiger charge is -2.29. The van der Waals surface area contributed by atoms with Crippen molar-refractivity contribution < 1.29 is 0 Å². The Morgan fingerprint density at radius 3 is 2.89 bits per heavy atom. The molecule has 0 aromatic heterocycles. The quantitative estimate of drug-likeness (QED) is 0.517. The maximum Gasteiger partial charge on any atom is 0.0197 e. The summed E-state index contributed by atoms with van der Waals surface area (Å²) >= 11 is 0. The van der Waals surface area contributed by atoms with Crippen LogP contribution in [0.3, 0.4) is 0 Å². The Hall–Kier alpha value is -0.460. The second-order valence-electron chi connectivity index (χ2n) is 2.92. The van der Waals surface area contributed by atoms with Gasteiger partial charge in [0.05, 0.1) is 0 Å². The van der Waals surface area contributed by atoms with Crippen molar-refractivity contribution in [1.29, 1.82) is 0 Å². The van der Waals surface area contributed by atoms with Crippen LogP contribution in [0.2, 0.25) is 0 Å². The number of hydrogen-bond donors (Lipinski definition) is 0. The summed E-state index contributed by atoms with van der Waals surface area (Å²) in [5, 5.41) is 0. The van der Waals surface area contributed by atoms with E-state index in [9.17, 15) is 0 Å². The first-order chi connectivity index (χ1) is 4.33. The molecule has 0 N–H and O–H groups in total. The van der Waals surface area contributed by atoms with Crippen LogP contribution >= 0.6 is 0 Å². The molecule has 1 aliphatic rings. The minimum absolute atomic E-state index is 0.872. The second kappa shape index (κ2) is 2.90. The van der Waals surface area contributed by atoms with E-state index in [4.69, 9.17) is 0 Å². The topological polar surface area (TPSA) is 3.24 Å². The maximum absolute atomic E-state index is 3.74. The van der Waals surface area contributed by atoms with Gasteiger partial charge in [-0.3, -0.25) is 0 Å². The van der Waals surface area contributed by atoms with Gasteiger partial charge >= 0.3 is 0 Å². The highest BCUT2D eigenvalue weighted by atomic mass is 15.1. The summed E-state index contributed by atoms with van der Waals surface area (Å²) in [5.41, 5.74) is 0. The first-order valence-electron chi connectivity index (χ1n) is 3.69. The van der Waals surface area contributed by atoms with Crippen LogP contribution in [0.4, 0.5) is 0 Å². The fourth-order valence-corrected chi connectivity index (χ4v) is 1.39. The van der Waals surface area contributed by atoms with Gasteiger partial charge in [-0.25, -0.2) is 0 Å². The summed E-state index contributed by atoms with van der Waals surface area (Å²) in [4.78, 5) is 2.30. The third-order valence-electron chi connectivity index (χ3n) is 1.95. The van der Waals surface area contributed by atoms with Crippen LogP contribution in [0, 0.1) is 5.92 Å². The molecule has 1 fully saturated rings. The predicted molar refractivity (Wildman–Crippen MR) is 40.2 cm³/mol. The number of likely N-dealkylation sites (tertiary alicyclic amines) is 1. The van der Waals surface area contributed by atoms with Crippen molar-refractivity contribution in [2.24, 2.45) is 5.92 Å². The molecule has 1 atom stereocenters. The van der Waals surface area contributed by atoms with E-state index in [2.05, 4.69) is 18.4 Å². The Bertz CT molecular complexity index is 98.7. The molecule has 0 unspecified atom stereocenters. The van der Waals surface area contributed by atoms with Gasteiger partial charge in [-0.2, -0.15) is 0 Å². The summed E-state index contributed by atoms with van der Waals surface area (Å²) in [6.45, 7) is 8.47. The van der Waals surface area contributed by atoms with Gasteiger partial charge in [0.25, 0.3) is 0 Å². The zero-order valence-corrected chi connectivity index (χ0v) is 6.14. The van der Waals surface area contributed by atoms with Gasteiger partial charge in [-0.05, 0) is 25.0 Å². The average Bonchev–Trinajstić information content (AvgIpc) is 1.88. The Balaban J connectivity index is 2.31. The van der Waals surface area contributed by atoms with Crippen LogP contribution in [0.5, 0.6) is 0 Å². The van der Waals surface area contributed by atoms with Gasteiger partial charge in [0.1, 0.15) is 0 Å². The summed E-state index contributed by atoms with van der Waals surface area (Å²) < 4.78 is 0. The Kier molecular flexibility index (Phi) is 2.15. The van der Waals surface area contributed by atoms with E-state index in [1.54, 1.807) is 0 Å². The zero-order valence-electron chi connectivity index (χ0n) is 6.14. The fraction of sp³-hybridized carbons (Fsp3) is 0.750. The number of piperidine rings is 1. The molecule has 1 nitrogen and oxygen atoms in total. The van der Waals surface area contributed by atoms with E-state index < -0.39 is 0 Å². The molecule has 0 amide bonds. The van der Waals surface area contributed by atoms with Crippen molar-refractivity contribution in [1.82, 2.24) is 4.90 Å². The maximum atomic E-state index is 3.74. The first kappa shape index (κ1) is 6.66. The summed E-state index contributed by atoms with van der Waals surface area (Å²) in [5.74, 6) is 0.872. The molecule has 0 aromatic rings. The number of nitrogens with zero attached hydrogens (tertiary/aromatic N) is 1. The van der Waals surface area contributed by atoms with Crippen LogP contribution in [0.1, 0.15) is 19.8 Å². The first-order valence-corrected chi connectivity index (χ1v) is 3.69. The van der Waals surface area contributed by atoms with Gasteiger partial charge in [0.2, 0.25) is 0 Å². The largest absolute Gasteiger partial charge is 0.378 e. The Morgan fingerprint density at radius 2 is 2.44 bits per heavy atom. The predicted octanol–water partition coefficient (Wildman–Crippen LogP) is 1.86. The lowest BCUT2D eigenvalue weighted by atomic mass is 10.0. The second-order valence-corrected chi connectivity index (χ2v) is 2.92. The molecule has 0 saturated carbocycles. The molecule has 52 valence electrons. The van der Waals surface area contributed by atoms with Crippen molar-refractivity contribution in [3.8, 4) is 0 Å². The highest BCUT2D eigenvalue weighted by Crippen LogP contribution is 2.14. The molecule has 9 heavy (non-hydrogen) atoms. The lowest BCUT2D eigenvalue weighted by molar-refractivity contribution is 0.248. The van der Waals surface area contributed by atoms with Crippen LogP contribution in [-0.2, 0) is 0 Å². The molecular formula is C8H15N. The van der Waals surface area contributed by atoms with E-state index in [-0.39, 0.29) is 0 Å². The highest BCUT2D eigenvalue weighted by Gasteiger charge is 2.11. The third kappa shape index (κ3) is 1.74. The van der Waals surface area contributed by atoms with Crippen LogP contribution in [0.25, 0.3) is 0 Å². The van der Waals surface area contributed by atoms with E-state index in [0.29, 0.717) is 0 Å². The van der Waals surface area contributed by atoms with Gasteiger partial charge in [0, 0.05) is 13.1 Å². The molecule has 0 aliphatic carbocycles. The van der Waals surface area contributed by atoms with E-state index in [1.165, 1.54) is 25.9 Å². The monoisotopic (exact) mass is 125 g/mol. The van der Waals surface area contributed by atoms with Crippen molar-refractivity contribution in [3.05, 3.63) is 12.8 Å². The van der Waals surface area contributed by atoms with Crippen molar-refractivity contribution in [2.75, 3.05) is 13.1 Å². The molecule has 1 heterocycles. The molecule has 1 aliphatic heterocycles. The normalized spacial score (nSPS) is 28.1. The minimum atomic E-state index is 0.872. The molecule has 0 aromatic carbocycles. The lowest BCUT2D eigenvalue weighted by Crippen LogP contribution is -2.29. The highest BCUT2D eigenvalue weighted by molar-refractivity contribution is 4.77. The smallest absolute Gasteiger partial charge is 0.0197 e. The molecule has 1 heteroatoms. The van der Waals surface area contributed by atoms with Crippen molar-refractivity contribution in [2.45, 2.75) is 19.8 Å². The van der Waals surface area contributed by atoms with Crippen LogP contribution < -0.4 is 0 Å². The molecule has 0 spiro atoms. The van der Waals surface area contributed by atoms with E-state index in [0.717, 1.165) is 5.92 Å². The summed E-state index contributed by atoms with van der Waals surface area (Å²) in [6.07, 6.45) is 4.69. The van der Waals surface area contributed by atoms with Gasteiger partial charge in [0.15, 0.2) is 0 Å². The third-order valence-corrected chi connectivity index (χ3v) is 1.95. The zero-order chi connectivity index (χ0) is 6.69. The van der Waals surface area contributed by atoms with Crippen molar-refractivity contribution >= 4 is 0 Å². The van der Waals surface area contributed by atoms with Crippen LogP contribution in [-0.4, -0.2) is 18.0 Å². The fourth-order valence-electron chi connectivity index (χ4n) is 1.39. The van der Waals surface area contributed by atoms with Crippen LogP contribution in [0.15, 0.2) is 12.8 Å². The molecule has 1 rings (SSSR count). The number of hydrogen-bond acceptors (Lipinski definition) is 1. The molecular weight excluding hydrogens is 110 g/mol. The Labute approximate surface area is 57.4 Å². The standard InChI is InChI=1S/C8H15N/c1-3-9-6-4-5-8(2)7-9/h3,8H,1,4-7H2,2H3/t8-/m1/s1. The van der Waals surface area contributed by atoms with E-state index in [1.807, 2.05) is 6.20 Å². The van der Waals surface area contributed by atoms with Gasteiger partial charge in [-0.1, -0.05) is 13.5 Å². The molecule has 1 saturated heterocycles. The van der Waals surface area contributed by atoms with Gasteiger partial charge in [-0.15, -0.1) is 0 Å². The summed E-state index contributed by atoms with van der Waals surface area (Å²) in [7, 11) is 0. The minimum Gasteiger partial charge on any atom is -0.378 e. The number of rotatable bonds is 1. The molecule has 0 bridgehead atoms. The molecule has 0 radical (unpaired) electrons. The average molecular weight is 125 g/mol. The Morgan fingerprint density at radius 1 is 1.67 bits per heavy atom.